The van der Waals surface area contributed by atoms with Crippen molar-refractivity contribution in [2.75, 3.05) is 9.80 Å². The van der Waals surface area contributed by atoms with Gasteiger partial charge in [0.25, 0.3) is 6.71 Å². The molecule has 15 aromatic carbocycles. The van der Waals surface area contributed by atoms with Crippen molar-refractivity contribution in [2.45, 2.75) is 5.41 Å². The van der Waals surface area contributed by atoms with Gasteiger partial charge >= 0.3 is 0 Å². The fraction of sp³-hybridized carbons (Fsp3) is 0.0110. The van der Waals surface area contributed by atoms with E-state index in [4.69, 9.17) is 0 Å². The van der Waals surface area contributed by atoms with Gasteiger partial charge in [-0.3, -0.25) is 0 Å². The minimum Gasteiger partial charge on any atom is -0.311 e. The monoisotopic (exact) mass is 1230 g/mol. The smallest absolute Gasteiger partial charge is 0.252 e. The Balaban J connectivity index is 0.891. The predicted octanol–water partition coefficient (Wildman–Crippen LogP) is 21.1. The van der Waals surface area contributed by atoms with Crippen molar-refractivity contribution in [2.24, 2.45) is 0 Å². The first kappa shape index (κ1) is 52.8. The molecular formula is C91H56BN5. The van der Waals surface area contributed by atoms with Gasteiger partial charge in [-0.1, -0.05) is 249 Å². The van der Waals surface area contributed by atoms with Crippen LogP contribution < -0.4 is 26.2 Å². The van der Waals surface area contributed by atoms with Gasteiger partial charge in [-0.15, -0.1) is 0 Å². The lowest BCUT2D eigenvalue weighted by atomic mass is 9.33. The van der Waals surface area contributed by atoms with Crippen molar-refractivity contribution in [1.29, 1.82) is 0 Å². The molecule has 0 saturated carbocycles. The van der Waals surface area contributed by atoms with Gasteiger partial charge in [0.05, 0.1) is 49.9 Å². The van der Waals surface area contributed by atoms with E-state index in [-0.39, 0.29) is 6.71 Å². The zero-order valence-corrected chi connectivity index (χ0v) is 52.6. The Morgan fingerprint density at radius 2 is 0.649 bits per heavy atom. The fourth-order valence-corrected chi connectivity index (χ4v) is 18.3. The Kier molecular flexibility index (Phi) is 10.7. The average molecular weight is 1230 g/mol. The third-order valence-corrected chi connectivity index (χ3v) is 22.0. The highest BCUT2D eigenvalue weighted by molar-refractivity contribution is 7.00. The summed E-state index contributed by atoms with van der Waals surface area (Å²) in [7, 11) is 0. The van der Waals surface area contributed by atoms with Crippen LogP contribution in [-0.2, 0) is 5.41 Å². The van der Waals surface area contributed by atoms with Crippen LogP contribution >= 0.6 is 0 Å². The van der Waals surface area contributed by atoms with Gasteiger partial charge in [0, 0.05) is 77.7 Å². The summed E-state index contributed by atoms with van der Waals surface area (Å²) in [6.45, 7) is -0.213. The van der Waals surface area contributed by atoms with Gasteiger partial charge in [0.15, 0.2) is 0 Å². The molecule has 0 amide bonds. The van der Waals surface area contributed by atoms with Crippen molar-refractivity contribution < 1.29 is 0 Å². The molecule has 22 rings (SSSR count). The topological polar surface area (TPSA) is 21.3 Å². The molecule has 448 valence electrons. The van der Waals surface area contributed by atoms with E-state index >= 15 is 0 Å². The third-order valence-electron chi connectivity index (χ3n) is 22.0. The van der Waals surface area contributed by atoms with Crippen molar-refractivity contribution in [1.82, 2.24) is 13.7 Å². The Morgan fingerprint density at radius 3 is 1.21 bits per heavy atom. The lowest BCUT2D eigenvalue weighted by Crippen LogP contribution is -2.61. The molecule has 0 fully saturated rings. The Bertz CT molecular complexity index is 6240. The molecule has 2 aliphatic carbocycles. The number of rotatable bonds is 6. The van der Waals surface area contributed by atoms with E-state index in [2.05, 4.69) is 363 Å². The molecule has 0 radical (unpaired) electrons. The van der Waals surface area contributed by atoms with Gasteiger partial charge in [-0.05, 0) is 157 Å². The van der Waals surface area contributed by atoms with Crippen LogP contribution in [0.25, 0.3) is 116 Å². The summed E-state index contributed by atoms with van der Waals surface area (Å²) in [5.41, 5.74) is 32.9. The van der Waals surface area contributed by atoms with E-state index in [1.807, 2.05) is 0 Å². The zero-order chi connectivity index (χ0) is 63.2. The molecule has 1 spiro atoms. The molecule has 18 aromatic rings. The fourth-order valence-electron chi connectivity index (χ4n) is 18.3. The molecule has 97 heavy (non-hydrogen) atoms. The van der Waals surface area contributed by atoms with E-state index in [1.165, 1.54) is 126 Å². The molecule has 5 nitrogen and oxygen atoms in total. The molecule has 0 atom stereocenters. The summed E-state index contributed by atoms with van der Waals surface area (Å²) in [4.78, 5) is 5.31. The highest BCUT2D eigenvalue weighted by Gasteiger charge is 2.53. The first-order valence-electron chi connectivity index (χ1n) is 33.8. The maximum Gasteiger partial charge on any atom is 0.252 e. The number of hydrogen-bond acceptors (Lipinski definition) is 2. The minimum absolute atomic E-state index is 0.213. The normalized spacial score (nSPS) is 13.6. The third kappa shape index (κ3) is 7.02. The van der Waals surface area contributed by atoms with Crippen LogP contribution in [-0.4, -0.2) is 20.4 Å². The summed E-state index contributed by atoms with van der Waals surface area (Å²) in [6.07, 6.45) is 0. The van der Waals surface area contributed by atoms with E-state index in [9.17, 15) is 0 Å². The van der Waals surface area contributed by atoms with Crippen LogP contribution in [0.15, 0.2) is 340 Å². The molecule has 0 N–H and O–H groups in total. The average Bonchev–Trinajstić information content (AvgIpc) is 1.57. The quantitative estimate of drug-likeness (QED) is 0.155. The van der Waals surface area contributed by atoms with Crippen LogP contribution in [0, 0.1) is 0 Å². The lowest BCUT2D eigenvalue weighted by molar-refractivity contribution is 0.794. The van der Waals surface area contributed by atoms with Gasteiger partial charge in [0.2, 0.25) is 0 Å². The van der Waals surface area contributed by atoms with E-state index in [1.54, 1.807) is 0 Å². The molecule has 0 saturated heterocycles. The molecule has 2 aliphatic heterocycles. The highest BCUT2D eigenvalue weighted by Crippen LogP contribution is 2.65. The number of fused-ring (bicyclic) bond motifs is 23. The van der Waals surface area contributed by atoms with Crippen molar-refractivity contribution in [3.8, 4) is 50.4 Å². The summed E-state index contributed by atoms with van der Waals surface area (Å²) >= 11 is 0. The Hall–Kier alpha value is -12.6. The van der Waals surface area contributed by atoms with Crippen LogP contribution in [0.1, 0.15) is 22.3 Å². The summed E-state index contributed by atoms with van der Waals surface area (Å²) in [6, 6.07) is 128. The predicted molar refractivity (Wildman–Crippen MR) is 405 cm³/mol. The maximum absolute atomic E-state index is 2.68. The summed E-state index contributed by atoms with van der Waals surface area (Å²) in [5.74, 6) is 0. The number of hydrogen-bond donors (Lipinski definition) is 0. The van der Waals surface area contributed by atoms with Gasteiger partial charge in [0.1, 0.15) is 0 Å². The lowest BCUT2D eigenvalue weighted by Gasteiger charge is -2.45. The second-order valence-electron chi connectivity index (χ2n) is 26.6. The second kappa shape index (κ2) is 19.7. The Labute approximate surface area is 560 Å². The largest absolute Gasteiger partial charge is 0.311 e. The number of nitrogens with zero attached hydrogens (tertiary/aromatic N) is 5. The number of para-hydroxylation sites is 6. The van der Waals surface area contributed by atoms with Gasteiger partial charge < -0.3 is 23.5 Å². The number of benzene rings is 15. The minimum atomic E-state index is -0.553. The first-order valence-corrected chi connectivity index (χ1v) is 33.8. The Morgan fingerprint density at radius 1 is 0.227 bits per heavy atom. The van der Waals surface area contributed by atoms with E-state index in [0.717, 1.165) is 62.2 Å². The molecule has 6 heteroatoms. The molecule has 4 aliphatic rings. The maximum atomic E-state index is 2.68. The molecule has 3 aromatic heterocycles. The number of aromatic nitrogens is 3. The van der Waals surface area contributed by atoms with Crippen LogP contribution in [0.5, 0.6) is 0 Å². The van der Waals surface area contributed by atoms with E-state index < -0.39 is 5.41 Å². The number of anilines is 6. The molecule has 5 heterocycles. The standard InChI is InChI=1S/C91H56BN5/c1-2-24-57(25-3-1)58-48-51-84-77(52-58)92-76-50-49-61(94-80-43-18-9-32-67(80)68-33-10-19-44-81(68)94)54-86(76)95(60-27-22-26-59(53-60)93-78-41-16-7-30-65(78)66-31-8-17-42-79(66)93)87-55-62(96-82-45-20-11-34-69(82)70-35-12-21-46-83(70)96)56-88(90(87)92)97(84)85-47-23-40-75-89(85)71-36-6-15-39-74(71)91(75)72-37-13-4-28-63(72)64-29-5-14-38-73(64)91/h1-56H. The van der Waals surface area contributed by atoms with Crippen molar-refractivity contribution in [3.63, 3.8) is 0 Å². The first-order chi connectivity index (χ1) is 48.2. The van der Waals surface area contributed by atoms with Crippen LogP contribution in [0.4, 0.5) is 34.1 Å². The second-order valence-corrected chi connectivity index (χ2v) is 26.6. The molecular weight excluding hydrogens is 1170 g/mol. The van der Waals surface area contributed by atoms with E-state index in [0.29, 0.717) is 0 Å². The summed E-state index contributed by atoms with van der Waals surface area (Å²) in [5, 5.41) is 7.36. The van der Waals surface area contributed by atoms with Crippen molar-refractivity contribution >= 4 is 123 Å². The van der Waals surface area contributed by atoms with Gasteiger partial charge in [-0.2, -0.15) is 0 Å². The molecule has 0 unspecified atom stereocenters. The van der Waals surface area contributed by atoms with Crippen LogP contribution in [0.2, 0.25) is 0 Å². The zero-order valence-electron chi connectivity index (χ0n) is 52.6. The van der Waals surface area contributed by atoms with Crippen molar-refractivity contribution in [3.05, 3.63) is 362 Å². The SMILES string of the molecule is c1ccc(-c2ccc3c(c2)B2c4ccc(-n5c6ccccc6c6ccccc65)cc4N(c4cccc(-n5c6ccccc6c6ccccc65)c4)c4cc(-n5c6ccccc6c6ccccc65)cc(c42)N3c2cccc3c2-c2ccccc2C32c3ccccc3-c3ccccc32)cc1. The highest BCUT2D eigenvalue weighted by atomic mass is 15.2. The molecule has 0 bridgehead atoms. The summed E-state index contributed by atoms with van der Waals surface area (Å²) < 4.78 is 7.48. The van der Waals surface area contributed by atoms with Gasteiger partial charge in [-0.25, -0.2) is 0 Å². The van der Waals surface area contributed by atoms with Crippen LogP contribution in [0.3, 0.4) is 0 Å².